The third-order valence-corrected chi connectivity index (χ3v) is 4.46. The van der Waals surface area contributed by atoms with Crippen molar-refractivity contribution in [2.24, 2.45) is 0 Å². The van der Waals surface area contributed by atoms with Gasteiger partial charge in [0, 0.05) is 6.54 Å². The lowest BCUT2D eigenvalue weighted by Crippen LogP contribution is -2.42. The first kappa shape index (κ1) is 20.6. The van der Waals surface area contributed by atoms with E-state index in [9.17, 15) is 14.0 Å². The Kier molecular flexibility index (Phi) is 7.95. The molecule has 0 aliphatic rings. The fourth-order valence-corrected chi connectivity index (χ4v) is 2.97. The van der Waals surface area contributed by atoms with Crippen LogP contribution in [-0.4, -0.2) is 42.9 Å². The summed E-state index contributed by atoms with van der Waals surface area (Å²) in [5.41, 5.74) is 1.05. The van der Waals surface area contributed by atoms with E-state index >= 15 is 0 Å². The van der Waals surface area contributed by atoms with Crippen LogP contribution in [0.5, 0.6) is 0 Å². The van der Waals surface area contributed by atoms with Gasteiger partial charge >= 0.3 is 0 Å². The average Bonchev–Trinajstić information content (AvgIpc) is 2.70. The van der Waals surface area contributed by atoms with Gasteiger partial charge in [0.25, 0.3) is 5.91 Å². The Hall–Kier alpha value is -2.73. The Morgan fingerprint density at radius 3 is 2.22 bits per heavy atom. The molecule has 0 aliphatic heterocycles. The maximum absolute atomic E-state index is 13.6. The van der Waals surface area contributed by atoms with Crippen molar-refractivity contribution in [3.63, 3.8) is 0 Å². The van der Waals surface area contributed by atoms with Crippen LogP contribution in [0.4, 0.5) is 4.39 Å². The van der Waals surface area contributed by atoms with Gasteiger partial charge in [-0.25, -0.2) is 4.39 Å². The molecule has 2 aromatic rings. The molecule has 0 aliphatic carbocycles. The van der Waals surface area contributed by atoms with Crippen LogP contribution in [0.25, 0.3) is 0 Å². The van der Waals surface area contributed by atoms with Gasteiger partial charge in [0.05, 0.1) is 18.2 Å². The summed E-state index contributed by atoms with van der Waals surface area (Å²) in [6.07, 6.45) is 0. The molecule has 27 heavy (non-hydrogen) atoms. The number of carbonyl (C=O) groups excluding carboxylic acids is 2. The Morgan fingerprint density at radius 2 is 1.59 bits per heavy atom. The van der Waals surface area contributed by atoms with Crippen molar-refractivity contribution in [3.8, 4) is 0 Å². The second kappa shape index (κ2) is 10.4. The third-order valence-electron chi connectivity index (χ3n) is 4.46. The number of carbonyl (C=O) groups is 2. The Morgan fingerprint density at radius 1 is 0.963 bits per heavy atom. The molecule has 6 heteroatoms. The molecule has 2 N–H and O–H groups in total. The molecule has 5 nitrogen and oxygen atoms in total. The smallest absolute Gasteiger partial charge is 0.254 e. The van der Waals surface area contributed by atoms with Crippen LogP contribution in [0.1, 0.15) is 35.8 Å². The van der Waals surface area contributed by atoms with E-state index in [1.165, 1.54) is 18.2 Å². The number of rotatable bonds is 9. The van der Waals surface area contributed by atoms with Gasteiger partial charge in [-0.05, 0) is 30.8 Å². The van der Waals surface area contributed by atoms with E-state index in [1.807, 2.05) is 30.3 Å². The zero-order valence-corrected chi connectivity index (χ0v) is 15.7. The standard InChI is InChI=1S/C21H26FN3O2/c1-3-25(4-2)19(16-10-6-5-7-11-16)14-23-20(26)15-24-21(27)17-12-8-9-13-18(17)22/h5-13,19H,3-4,14-15H2,1-2H3,(H,23,26)(H,24,27). The first-order chi connectivity index (χ1) is 13.1. The number of likely N-dealkylation sites (N-methyl/N-ethyl adjacent to an activating group) is 1. The summed E-state index contributed by atoms with van der Waals surface area (Å²) < 4.78 is 13.6. The molecule has 0 spiro atoms. The third kappa shape index (κ3) is 5.89. The molecule has 2 aromatic carbocycles. The van der Waals surface area contributed by atoms with Crippen molar-refractivity contribution in [3.05, 3.63) is 71.5 Å². The van der Waals surface area contributed by atoms with Gasteiger partial charge in [0.15, 0.2) is 0 Å². The summed E-state index contributed by atoms with van der Waals surface area (Å²) in [6.45, 7) is 6.10. The molecule has 144 valence electrons. The number of halogens is 1. The summed E-state index contributed by atoms with van der Waals surface area (Å²) in [5, 5.41) is 5.32. The lowest BCUT2D eigenvalue weighted by molar-refractivity contribution is -0.120. The van der Waals surface area contributed by atoms with E-state index in [0.29, 0.717) is 6.54 Å². The van der Waals surface area contributed by atoms with Crippen LogP contribution in [0.3, 0.4) is 0 Å². The predicted octanol–water partition coefficient (Wildman–Crippen LogP) is 2.75. The number of benzene rings is 2. The van der Waals surface area contributed by atoms with E-state index in [2.05, 4.69) is 29.4 Å². The largest absolute Gasteiger partial charge is 0.353 e. The topological polar surface area (TPSA) is 61.4 Å². The van der Waals surface area contributed by atoms with E-state index in [1.54, 1.807) is 6.07 Å². The number of hydrogen-bond donors (Lipinski definition) is 2. The Labute approximate surface area is 159 Å². The minimum Gasteiger partial charge on any atom is -0.353 e. The zero-order valence-electron chi connectivity index (χ0n) is 15.7. The molecule has 0 heterocycles. The Bertz CT molecular complexity index is 748. The van der Waals surface area contributed by atoms with E-state index in [4.69, 9.17) is 0 Å². The fraction of sp³-hybridized carbons (Fsp3) is 0.333. The lowest BCUT2D eigenvalue weighted by Gasteiger charge is -2.30. The van der Waals surface area contributed by atoms with E-state index in [-0.39, 0.29) is 24.1 Å². The van der Waals surface area contributed by atoms with Gasteiger partial charge in [-0.15, -0.1) is 0 Å². The lowest BCUT2D eigenvalue weighted by atomic mass is 10.1. The molecule has 0 radical (unpaired) electrons. The second-order valence-electron chi connectivity index (χ2n) is 6.11. The normalized spacial score (nSPS) is 11.9. The maximum atomic E-state index is 13.6. The van der Waals surface area contributed by atoms with Gasteiger partial charge < -0.3 is 10.6 Å². The summed E-state index contributed by atoms with van der Waals surface area (Å²) in [6, 6.07) is 15.7. The van der Waals surface area contributed by atoms with Crippen LogP contribution in [0, 0.1) is 5.82 Å². The highest BCUT2D eigenvalue weighted by Crippen LogP contribution is 2.19. The van der Waals surface area contributed by atoms with Gasteiger partial charge in [-0.1, -0.05) is 56.3 Å². The first-order valence-electron chi connectivity index (χ1n) is 9.15. The van der Waals surface area contributed by atoms with E-state index in [0.717, 1.165) is 18.7 Å². The van der Waals surface area contributed by atoms with Crippen molar-refractivity contribution in [1.29, 1.82) is 0 Å². The van der Waals surface area contributed by atoms with Crippen LogP contribution < -0.4 is 10.6 Å². The summed E-state index contributed by atoms with van der Waals surface area (Å²) in [5.74, 6) is -1.53. The quantitative estimate of drug-likeness (QED) is 0.713. The number of nitrogens with one attached hydrogen (secondary N) is 2. The summed E-state index contributed by atoms with van der Waals surface area (Å²) >= 11 is 0. The molecule has 1 unspecified atom stereocenters. The van der Waals surface area contributed by atoms with Crippen molar-refractivity contribution in [2.75, 3.05) is 26.2 Å². The highest BCUT2D eigenvalue weighted by Gasteiger charge is 2.19. The second-order valence-corrected chi connectivity index (χ2v) is 6.11. The Balaban J connectivity index is 1.92. The summed E-state index contributed by atoms with van der Waals surface area (Å²) in [7, 11) is 0. The molecule has 0 fully saturated rings. The average molecular weight is 371 g/mol. The zero-order chi connectivity index (χ0) is 19.6. The first-order valence-corrected chi connectivity index (χ1v) is 9.15. The van der Waals surface area contributed by atoms with Crippen LogP contribution in [0.2, 0.25) is 0 Å². The van der Waals surface area contributed by atoms with Gasteiger partial charge in [0.1, 0.15) is 5.82 Å². The molecule has 1 atom stereocenters. The molecular weight excluding hydrogens is 345 g/mol. The van der Waals surface area contributed by atoms with Crippen LogP contribution in [0.15, 0.2) is 54.6 Å². The number of hydrogen-bond acceptors (Lipinski definition) is 3. The van der Waals surface area contributed by atoms with Crippen molar-refractivity contribution >= 4 is 11.8 Å². The van der Waals surface area contributed by atoms with E-state index < -0.39 is 11.7 Å². The van der Waals surface area contributed by atoms with Crippen molar-refractivity contribution < 1.29 is 14.0 Å². The number of amides is 2. The fourth-order valence-electron chi connectivity index (χ4n) is 2.97. The minimum atomic E-state index is -0.610. The molecule has 2 rings (SSSR count). The maximum Gasteiger partial charge on any atom is 0.254 e. The van der Waals surface area contributed by atoms with Gasteiger partial charge in [0.2, 0.25) is 5.91 Å². The highest BCUT2D eigenvalue weighted by atomic mass is 19.1. The van der Waals surface area contributed by atoms with Gasteiger partial charge in [-0.2, -0.15) is 0 Å². The minimum absolute atomic E-state index is 0.0485. The monoisotopic (exact) mass is 371 g/mol. The molecule has 0 aromatic heterocycles. The molecule has 0 bridgehead atoms. The van der Waals surface area contributed by atoms with Gasteiger partial charge in [-0.3, -0.25) is 14.5 Å². The summed E-state index contributed by atoms with van der Waals surface area (Å²) in [4.78, 5) is 26.4. The number of nitrogens with zero attached hydrogens (tertiary/aromatic N) is 1. The molecular formula is C21H26FN3O2. The van der Waals surface area contributed by atoms with Crippen LogP contribution >= 0.6 is 0 Å². The SMILES string of the molecule is CCN(CC)C(CNC(=O)CNC(=O)c1ccccc1F)c1ccccc1. The van der Waals surface area contributed by atoms with Crippen molar-refractivity contribution in [1.82, 2.24) is 15.5 Å². The highest BCUT2D eigenvalue weighted by molar-refractivity contribution is 5.96. The predicted molar refractivity (Wildman–Crippen MR) is 104 cm³/mol. The van der Waals surface area contributed by atoms with Crippen LogP contribution in [-0.2, 0) is 4.79 Å². The molecule has 0 saturated carbocycles. The van der Waals surface area contributed by atoms with Crippen molar-refractivity contribution in [2.45, 2.75) is 19.9 Å². The molecule has 2 amide bonds. The molecule has 0 saturated heterocycles.